The summed E-state index contributed by atoms with van der Waals surface area (Å²) in [5.41, 5.74) is 2.45. The third kappa shape index (κ3) is 2.47. The lowest BCUT2D eigenvalue weighted by Crippen LogP contribution is -2.41. The maximum absolute atomic E-state index is 14.2. The Labute approximate surface area is 145 Å². The Hall–Kier alpha value is -2.80. The van der Waals surface area contributed by atoms with Crippen molar-refractivity contribution in [2.45, 2.75) is 37.0 Å². The van der Waals surface area contributed by atoms with Gasteiger partial charge in [0.05, 0.1) is 23.6 Å². The molecule has 2 aliphatic rings. The van der Waals surface area contributed by atoms with Crippen LogP contribution in [-0.4, -0.2) is 12.0 Å². The highest BCUT2D eigenvalue weighted by atomic mass is 19.1. The Morgan fingerprint density at radius 2 is 2.12 bits per heavy atom. The lowest BCUT2D eigenvalue weighted by Gasteiger charge is -2.35. The maximum Gasteiger partial charge on any atom is 0.148 e. The summed E-state index contributed by atoms with van der Waals surface area (Å²) in [6, 6.07) is 14.8. The molecule has 4 heteroatoms. The smallest absolute Gasteiger partial charge is 0.148 e. The lowest BCUT2D eigenvalue weighted by molar-refractivity contribution is -0.124. The molecule has 0 saturated heterocycles. The predicted octanol–water partition coefficient (Wildman–Crippen LogP) is 4.38. The Bertz CT molecular complexity index is 928. The molecule has 0 N–H and O–H groups in total. The number of carbonyl (C=O) groups excluding carboxylic acids is 1. The fourth-order valence-corrected chi connectivity index (χ4v) is 4.06. The second-order valence-corrected chi connectivity index (χ2v) is 6.80. The van der Waals surface area contributed by atoms with E-state index in [-0.39, 0.29) is 23.9 Å². The number of benzene rings is 2. The molecular weight excluding hydrogens is 315 g/mol. The quantitative estimate of drug-likeness (QED) is 0.819. The number of carbonyl (C=O) groups is 1. The van der Waals surface area contributed by atoms with Gasteiger partial charge in [0.1, 0.15) is 11.6 Å². The second kappa shape index (κ2) is 5.93. The first-order chi connectivity index (χ1) is 12.1. The predicted molar refractivity (Wildman–Crippen MR) is 93.6 cm³/mol. The summed E-state index contributed by atoms with van der Waals surface area (Å²) in [7, 11) is 0. The number of hydrogen-bond donors (Lipinski definition) is 0. The number of para-hydroxylation sites is 1. The molecule has 0 aromatic heterocycles. The van der Waals surface area contributed by atoms with Gasteiger partial charge in [-0.2, -0.15) is 5.26 Å². The second-order valence-electron chi connectivity index (χ2n) is 6.80. The van der Waals surface area contributed by atoms with E-state index in [0.29, 0.717) is 24.8 Å². The van der Waals surface area contributed by atoms with E-state index in [0.717, 1.165) is 16.8 Å². The zero-order chi connectivity index (χ0) is 17.4. The zero-order valence-corrected chi connectivity index (χ0v) is 13.7. The highest BCUT2D eigenvalue weighted by Crippen LogP contribution is 2.48. The van der Waals surface area contributed by atoms with Crippen molar-refractivity contribution in [1.82, 2.24) is 0 Å². The fourth-order valence-electron chi connectivity index (χ4n) is 4.06. The van der Waals surface area contributed by atoms with Crippen molar-refractivity contribution in [3.05, 3.63) is 65.0 Å². The first-order valence-electron chi connectivity index (χ1n) is 8.47. The minimum atomic E-state index is -0.679. The van der Waals surface area contributed by atoms with E-state index in [1.54, 1.807) is 12.3 Å². The van der Waals surface area contributed by atoms with Crippen molar-refractivity contribution < 1.29 is 9.18 Å². The lowest BCUT2D eigenvalue weighted by atomic mass is 9.65. The number of nitrogens with zero attached hydrogens (tertiary/aromatic N) is 2. The van der Waals surface area contributed by atoms with Crippen molar-refractivity contribution >= 4 is 17.7 Å². The van der Waals surface area contributed by atoms with Gasteiger partial charge in [0.25, 0.3) is 0 Å². The van der Waals surface area contributed by atoms with Gasteiger partial charge in [-0.05, 0) is 42.0 Å². The third-order valence-electron chi connectivity index (χ3n) is 5.41. The van der Waals surface area contributed by atoms with Crippen LogP contribution >= 0.6 is 0 Å². The summed E-state index contributed by atoms with van der Waals surface area (Å²) >= 11 is 0. The number of fused-ring (bicyclic) bond motifs is 2. The van der Waals surface area contributed by atoms with Gasteiger partial charge in [0.2, 0.25) is 0 Å². The van der Waals surface area contributed by atoms with Gasteiger partial charge in [-0.15, -0.1) is 0 Å². The van der Waals surface area contributed by atoms with Crippen molar-refractivity contribution in [3.8, 4) is 6.07 Å². The molecule has 1 fully saturated rings. The highest BCUT2D eigenvalue weighted by molar-refractivity contribution is 6.10. The molecule has 1 aliphatic carbocycles. The summed E-state index contributed by atoms with van der Waals surface area (Å²) in [6.07, 6.45) is 3.65. The number of hydrogen-bond acceptors (Lipinski definition) is 3. The number of rotatable bonds is 2. The Balaban J connectivity index is 1.69. The standard InChI is InChI=1S/C21H17FN2O/c22-18-11-15(6-5-14(18)9-10-23)16-7-8-20(25)21(12-16)13-24-19-4-2-1-3-17(19)21/h1-6,11,13,16H,7-9,12H2. The SMILES string of the molecule is N#CCc1ccc(C2CCC(=O)C3(C=Nc4ccccc43)C2)cc1F. The first kappa shape index (κ1) is 15.7. The van der Waals surface area contributed by atoms with Gasteiger partial charge in [-0.25, -0.2) is 4.39 Å². The molecule has 1 spiro atoms. The van der Waals surface area contributed by atoms with Crippen LogP contribution < -0.4 is 0 Å². The molecule has 2 unspecified atom stereocenters. The molecule has 0 amide bonds. The van der Waals surface area contributed by atoms with E-state index in [1.165, 1.54) is 6.07 Å². The summed E-state index contributed by atoms with van der Waals surface area (Å²) in [5.74, 6) is -0.0505. The first-order valence-corrected chi connectivity index (χ1v) is 8.47. The van der Waals surface area contributed by atoms with Gasteiger partial charge >= 0.3 is 0 Å². The average molecular weight is 332 g/mol. The van der Waals surface area contributed by atoms with Gasteiger partial charge in [-0.3, -0.25) is 9.79 Å². The van der Waals surface area contributed by atoms with E-state index in [1.807, 2.05) is 36.4 Å². The average Bonchev–Trinajstić information content (AvgIpc) is 2.99. The largest absolute Gasteiger partial charge is 0.298 e. The van der Waals surface area contributed by atoms with Crippen LogP contribution in [0.15, 0.2) is 47.5 Å². The summed E-state index contributed by atoms with van der Waals surface area (Å²) in [6.45, 7) is 0. The van der Waals surface area contributed by atoms with E-state index >= 15 is 0 Å². The Morgan fingerprint density at radius 1 is 1.28 bits per heavy atom. The third-order valence-corrected chi connectivity index (χ3v) is 5.41. The van der Waals surface area contributed by atoms with Crippen LogP contribution in [-0.2, 0) is 16.6 Å². The van der Waals surface area contributed by atoms with Gasteiger partial charge in [-0.1, -0.05) is 30.3 Å². The molecule has 3 nitrogen and oxygen atoms in total. The van der Waals surface area contributed by atoms with Crippen LogP contribution in [0.25, 0.3) is 0 Å². The van der Waals surface area contributed by atoms with E-state index in [9.17, 15) is 9.18 Å². The highest BCUT2D eigenvalue weighted by Gasteiger charge is 2.47. The van der Waals surface area contributed by atoms with Crippen molar-refractivity contribution in [2.24, 2.45) is 4.99 Å². The Kier molecular flexibility index (Phi) is 3.73. The van der Waals surface area contributed by atoms with Crippen molar-refractivity contribution in [3.63, 3.8) is 0 Å². The number of ketones is 1. The van der Waals surface area contributed by atoms with Crippen LogP contribution in [0.5, 0.6) is 0 Å². The minimum absolute atomic E-state index is 0.0687. The number of halogens is 1. The van der Waals surface area contributed by atoms with Gasteiger partial charge in [0, 0.05) is 18.2 Å². The van der Waals surface area contributed by atoms with Crippen LogP contribution in [0, 0.1) is 17.1 Å². The van der Waals surface area contributed by atoms with Gasteiger partial charge < -0.3 is 0 Å². The summed E-state index contributed by atoms with van der Waals surface area (Å²) in [5, 5.41) is 8.75. The molecule has 1 aliphatic heterocycles. The van der Waals surface area contributed by atoms with Crippen LogP contribution in [0.1, 0.15) is 41.9 Å². The minimum Gasteiger partial charge on any atom is -0.298 e. The topological polar surface area (TPSA) is 53.2 Å². The molecular formula is C21H17FN2O. The molecule has 4 rings (SSSR count). The van der Waals surface area contributed by atoms with Crippen molar-refractivity contribution in [2.75, 3.05) is 0 Å². The normalized spacial score (nSPS) is 24.3. The zero-order valence-electron chi connectivity index (χ0n) is 13.7. The van der Waals surface area contributed by atoms with Crippen molar-refractivity contribution in [1.29, 1.82) is 5.26 Å². The van der Waals surface area contributed by atoms with Crippen LogP contribution in [0.3, 0.4) is 0 Å². The number of nitriles is 1. The monoisotopic (exact) mass is 332 g/mol. The van der Waals surface area contributed by atoms with E-state index in [2.05, 4.69) is 4.99 Å². The van der Waals surface area contributed by atoms with Gasteiger partial charge in [0.15, 0.2) is 0 Å². The molecule has 1 heterocycles. The Morgan fingerprint density at radius 3 is 2.92 bits per heavy atom. The molecule has 25 heavy (non-hydrogen) atoms. The van der Waals surface area contributed by atoms with Crippen LogP contribution in [0.2, 0.25) is 0 Å². The van der Waals surface area contributed by atoms with Crippen LogP contribution in [0.4, 0.5) is 10.1 Å². The maximum atomic E-state index is 14.2. The fraction of sp³-hybridized carbons (Fsp3) is 0.286. The molecule has 0 bridgehead atoms. The van der Waals surface area contributed by atoms with E-state index in [4.69, 9.17) is 5.26 Å². The van der Waals surface area contributed by atoms with E-state index < -0.39 is 5.41 Å². The molecule has 124 valence electrons. The molecule has 2 aromatic rings. The number of aliphatic imine (C=N–C) groups is 1. The summed E-state index contributed by atoms with van der Waals surface area (Å²) in [4.78, 5) is 17.2. The molecule has 0 radical (unpaired) electrons. The molecule has 1 saturated carbocycles. The summed E-state index contributed by atoms with van der Waals surface area (Å²) < 4.78 is 14.2. The molecule has 2 aromatic carbocycles. The molecule has 2 atom stereocenters. The number of Topliss-reactive ketones (excluding diaryl/α,β-unsaturated/α-hetero) is 1.